The number of hydrogen-bond donors (Lipinski definition) is 4. The van der Waals surface area contributed by atoms with E-state index in [0.29, 0.717) is 0 Å². The maximum atomic E-state index is 11.4. The number of fused-ring (bicyclic) bond motifs is 2. The first-order chi connectivity index (χ1) is 12.7. The van der Waals surface area contributed by atoms with Crippen LogP contribution in [0.1, 0.15) is 27.7 Å². The fourth-order valence-electron chi connectivity index (χ4n) is 4.08. The average molecular weight is 433 g/mol. The third kappa shape index (κ3) is 2.88. The Kier molecular flexibility index (Phi) is 4.93. The smallest absolute Gasteiger partial charge is 0.327 e. The van der Waals surface area contributed by atoms with Gasteiger partial charge in [-0.1, -0.05) is 0 Å². The lowest BCUT2D eigenvalue weighted by Crippen LogP contribution is -2.68. The van der Waals surface area contributed by atoms with Gasteiger partial charge in [0.25, 0.3) is 0 Å². The molecule has 0 radical (unpaired) electrons. The van der Waals surface area contributed by atoms with Gasteiger partial charge in [0.1, 0.15) is 34.9 Å². The molecule has 4 saturated heterocycles. The van der Waals surface area contributed by atoms with Crippen LogP contribution in [0.25, 0.3) is 0 Å². The van der Waals surface area contributed by atoms with Crippen LogP contribution in [-0.2, 0) is 19.2 Å². The first-order valence-electron chi connectivity index (χ1n) is 8.69. The highest BCUT2D eigenvalue weighted by atomic mass is 32.2. The van der Waals surface area contributed by atoms with Crippen LogP contribution in [0.3, 0.4) is 0 Å². The summed E-state index contributed by atoms with van der Waals surface area (Å²) in [6, 6.07) is -2.54. The van der Waals surface area contributed by atoms with Gasteiger partial charge in [-0.05, 0) is 27.7 Å². The molecule has 4 rings (SSSR count). The van der Waals surface area contributed by atoms with Gasteiger partial charge in [0.2, 0.25) is 11.8 Å². The van der Waals surface area contributed by atoms with Crippen molar-refractivity contribution < 1.29 is 29.4 Å². The molecule has 4 fully saturated rings. The number of nitrogens with zero attached hydrogens (tertiary/aromatic N) is 2. The van der Waals surface area contributed by atoms with E-state index in [0.717, 1.165) is 0 Å². The number of rotatable bonds is 2. The zero-order valence-corrected chi connectivity index (χ0v) is 17.5. The van der Waals surface area contributed by atoms with Crippen molar-refractivity contribution in [1.82, 2.24) is 9.80 Å². The van der Waals surface area contributed by atoms with Crippen molar-refractivity contribution in [1.29, 1.82) is 0 Å². The van der Waals surface area contributed by atoms with Crippen molar-refractivity contribution in [2.45, 2.75) is 72.1 Å². The van der Waals surface area contributed by atoms with E-state index in [2.05, 4.69) is 0 Å². The maximum Gasteiger partial charge on any atom is 0.327 e. The number of thioether (sulfide) groups is 2. The van der Waals surface area contributed by atoms with Crippen molar-refractivity contribution in [3.8, 4) is 0 Å². The van der Waals surface area contributed by atoms with Gasteiger partial charge in [-0.3, -0.25) is 9.59 Å². The summed E-state index contributed by atoms with van der Waals surface area (Å²) in [5.41, 5.74) is 11.2. The molecular weight excluding hydrogens is 408 g/mol. The number of carboxylic acid groups (broad SMARTS) is 2. The number of amides is 2. The molecular formula is C16H24N4O6S2. The van der Waals surface area contributed by atoms with Gasteiger partial charge in [0.05, 0.1) is 0 Å². The number of β-lactam (4-membered cyclic amide) rings is 2. The van der Waals surface area contributed by atoms with Gasteiger partial charge in [-0.25, -0.2) is 9.59 Å². The van der Waals surface area contributed by atoms with Gasteiger partial charge in [-0.15, -0.1) is 23.5 Å². The third-order valence-corrected chi connectivity index (χ3v) is 8.62. The van der Waals surface area contributed by atoms with Crippen molar-refractivity contribution >= 4 is 47.3 Å². The summed E-state index contributed by atoms with van der Waals surface area (Å²) in [5, 5.41) is 17.7. The Hall–Kier alpha value is -1.50. The molecule has 2 amide bonds. The van der Waals surface area contributed by atoms with E-state index < -0.39 is 45.6 Å². The van der Waals surface area contributed by atoms with E-state index in [9.17, 15) is 19.2 Å². The van der Waals surface area contributed by atoms with Crippen LogP contribution < -0.4 is 11.5 Å². The Morgan fingerprint density at radius 2 is 1.11 bits per heavy atom. The zero-order valence-electron chi connectivity index (χ0n) is 15.9. The number of carboxylic acids is 2. The van der Waals surface area contributed by atoms with Crippen molar-refractivity contribution in [2.24, 2.45) is 11.5 Å². The number of hydrogen-bond acceptors (Lipinski definition) is 8. The molecule has 4 aliphatic rings. The monoisotopic (exact) mass is 432 g/mol. The first kappa shape index (κ1) is 21.2. The minimum atomic E-state index is -0.953. The molecule has 28 heavy (non-hydrogen) atoms. The second kappa shape index (κ2) is 6.51. The highest BCUT2D eigenvalue weighted by molar-refractivity contribution is 8.02. The van der Waals surface area contributed by atoms with Gasteiger partial charge in [0.15, 0.2) is 0 Å². The molecule has 6 unspecified atom stereocenters. The average Bonchev–Trinajstić information content (AvgIpc) is 3.00. The van der Waals surface area contributed by atoms with Crippen LogP contribution in [0.4, 0.5) is 0 Å². The predicted octanol–water partition coefficient (Wildman–Crippen LogP) is -1.08. The summed E-state index contributed by atoms with van der Waals surface area (Å²) in [5.74, 6) is -2.41. The topological polar surface area (TPSA) is 167 Å². The van der Waals surface area contributed by atoms with Crippen molar-refractivity contribution in [3.63, 3.8) is 0 Å². The third-order valence-electron chi connectivity index (χ3n) is 5.43. The molecule has 6 N–H and O–H groups in total. The predicted molar refractivity (Wildman–Crippen MR) is 103 cm³/mol. The fourth-order valence-corrected chi connectivity index (χ4v) is 7.22. The SMILES string of the molecule is CC1(C)SC2C(N)C(=O)N2C1C(=O)O.CC1(C)SC2C(N)C(=O)N2C1C(=O)O. The molecule has 0 spiro atoms. The standard InChI is InChI=1S/2C8H12N2O3S/c2*1-8(2)4(7(12)13)10-5(11)3(9)6(10)14-8/h2*3-4,6H,9H2,1-2H3,(H,12,13). The highest BCUT2D eigenvalue weighted by Gasteiger charge is 2.63. The Balaban J connectivity index is 0.000000161. The molecule has 0 aromatic carbocycles. The van der Waals surface area contributed by atoms with Gasteiger partial charge in [-0.2, -0.15) is 0 Å². The fraction of sp³-hybridized carbons (Fsp3) is 0.750. The molecule has 0 aromatic heterocycles. The number of nitrogens with two attached hydrogens (primary N) is 2. The Labute approximate surface area is 170 Å². The van der Waals surface area contributed by atoms with Crippen LogP contribution in [-0.4, -0.2) is 88.2 Å². The lowest BCUT2D eigenvalue weighted by atomic mass is 9.96. The molecule has 156 valence electrons. The quantitative estimate of drug-likeness (QED) is 0.394. The van der Waals surface area contributed by atoms with Crippen molar-refractivity contribution in [3.05, 3.63) is 0 Å². The van der Waals surface area contributed by atoms with E-state index in [4.69, 9.17) is 21.7 Å². The Morgan fingerprint density at radius 1 is 0.821 bits per heavy atom. The van der Waals surface area contributed by atoms with Gasteiger partial charge < -0.3 is 31.5 Å². The van der Waals surface area contributed by atoms with Crippen LogP contribution in [0, 0.1) is 0 Å². The van der Waals surface area contributed by atoms with E-state index >= 15 is 0 Å². The summed E-state index contributed by atoms with van der Waals surface area (Å²) in [7, 11) is 0. The minimum absolute atomic E-state index is 0.154. The van der Waals surface area contributed by atoms with E-state index in [1.165, 1.54) is 33.3 Å². The van der Waals surface area contributed by atoms with Crippen LogP contribution in [0.15, 0.2) is 0 Å². The molecule has 0 saturated carbocycles. The van der Waals surface area contributed by atoms with Crippen LogP contribution in [0.2, 0.25) is 0 Å². The summed E-state index contributed by atoms with van der Waals surface area (Å²) in [6.07, 6.45) is 0. The van der Waals surface area contributed by atoms with E-state index in [-0.39, 0.29) is 22.6 Å². The van der Waals surface area contributed by atoms with Crippen molar-refractivity contribution in [2.75, 3.05) is 0 Å². The molecule has 12 heteroatoms. The first-order valence-corrected chi connectivity index (χ1v) is 10.4. The lowest BCUT2D eigenvalue weighted by Gasteiger charge is -2.41. The molecule has 4 heterocycles. The molecule has 10 nitrogen and oxygen atoms in total. The molecule has 6 atom stereocenters. The second-order valence-electron chi connectivity index (χ2n) is 8.25. The number of carbonyl (C=O) groups is 4. The highest BCUT2D eigenvalue weighted by Crippen LogP contribution is 2.51. The Morgan fingerprint density at radius 3 is 1.36 bits per heavy atom. The Bertz CT molecular complexity index is 697. The maximum absolute atomic E-state index is 11.4. The summed E-state index contributed by atoms with van der Waals surface area (Å²) in [6.45, 7) is 7.31. The number of aliphatic carboxylic acids is 2. The van der Waals surface area contributed by atoms with Gasteiger partial charge in [0, 0.05) is 9.49 Å². The molecule has 4 aliphatic heterocycles. The molecule has 0 aromatic rings. The van der Waals surface area contributed by atoms with Gasteiger partial charge >= 0.3 is 11.9 Å². The van der Waals surface area contributed by atoms with E-state index in [1.54, 1.807) is 0 Å². The van der Waals surface area contributed by atoms with Crippen LogP contribution >= 0.6 is 23.5 Å². The largest absolute Gasteiger partial charge is 0.480 e. The normalized spacial score (nSPS) is 39.2. The molecule has 0 bridgehead atoms. The summed E-state index contributed by atoms with van der Waals surface area (Å²) < 4.78 is -0.916. The number of carbonyl (C=O) groups excluding carboxylic acids is 2. The van der Waals surface area contributed by atoms with Crippen LogP contribution in [0.5, 0.6) is 0 Å². The summed E-state index contributed by atoms with van der Waals surface area (Å²) >= 11 is 2.93. The molecule has 0 aliphatic carbocycles. The summed E-state index contributed by atoms with van der Waals surface area (Å²) in [4.78, 5) is 47.5. The lowest BCUT2D eigenvalue weighted by molar-refractivity contribution is -0.159. The van der Waals surface area contributed by atoms with E-state index in [1.807, 2.05) is 27.7 Å². The minimum Gasteiger partial charge on any atom is -0.480 e. The second-order valence-corrected chi connectivity index (χ2v) is 11.8. The zero-order chi connectivity index (χ0) is 21.3.